The minimum absolute atomic E-state index is 0.160. The third-order valence-corrected chi connectivity index (χ3v) is 5.99. The van der Waals surface area contributed by atoms with E-state index in [1.54, 1.807) is 12.1 Å². The molecule has 3 rings (SSSR count). The SMILES string of the molecule is COC(=O)C[C@@H]1CSC(c2cc3cc(C[S+](C)(=O)O)cc([N+](=O)[O-])c3[nH]2)=N1. The monoisotopic (exact) mass is 412 g/mol. The van der Waals surface area contributed by atoms with Gasteiger partial charge in [0.25, 0.3) is 5.69 Å². The quantitative estimate of drug-likeness (QED) is 0.322. The van der Waals surface area contributed by atoms with Crippen molar-refractivity contribution in [3.63, 3.8) is 0 Å². The topological polar surface area (TPSA) is 135 Å². The van der Waals surface area contributed by atoms with E-state index in [2.05, 4.69) is 14.7 Å². The highest BCUT2D eigenvalue weighted by Crippen LogP contribution is 2.32. The summed E-state index contributed by atoms with van der Waals surface area (Å²) in [5, 5.41) is 12.7. The third kappa shape index (κ3) is 4.54. The Bertz CT molecular complexity index is 993. The highest BCUT2D eigenvalue weighted by molar-refractivity contribution is 8.14. The Kier molecular flexibility index (Phi) is 5.36. The highest BCUT2D eigenvalue weighted by Gasteiger charge is 2.26. The normalized spacial score (nSPS) is 18.9. The second-order valence-corrected chi connectivity index (χ2v) is 9.52. The van der Waals surface area contributed by atoms with E-state index >= 15 is 0 Å². The summed E-state index contributed by atoms with van der Waals surface area (Å²) in [5.41, 5.74) is 1.20. The molecule has 2 atom stereocenters. The number of rotatable bonds is 6. The van der Waals surface area contributed by atoms with Gasteiger partial charge in [0.15, 0.2) is 5.75 Å². The summed E-state index contributed by atoms with van der Waals surface area (Å²) in [6, 6.07) is 4.50. The van der Waals surface area contributed by atoms with Crippen molar-refractivity contribution in [1.82, 2.24) is 4.98 Å². The summed E-state index contributed by atoms with van der Waals surface area (Å²) in [7, 11) is -1.75. The lowest BCUT2D eigenvalue weighted by molar-refractivity contribution is -0.383. The average Bonchev–Trinajstić information content (AvgIpc) is 3.18. The first-order valence-corrected chi connectivity index (χ1v) is 11.0. The molecule has 2 N–H and O–H groups in total. The van der Waals surface area contributed by atoms with Crippen LogP contribution in [0.2, 0.25) is 0 Å². The fourth-order valence-electron chi connectivity index (χ4n) is 2.88. The van der Waals surface area contributed by atoms with Crippen LogP contribution in [-0.2, 0) is 29.7 Å². The minimum atomic E-state index is -3.07. The van der Waals surface area contributed by atoms with Crippen LogP contribution in [0, 0.1) is 10.1 Å². The Balaban J connectivity index is 1.98. The van der Waals surface area contributed by atoms with Crippen molar-refractivity contribution in [3.05, 3.63) is 39.6 Å². The Hall–Kier alpha value is -2.24. The number of esters is 1. The summed E-state index contributed by atoms with van der Waals surface area (Å²) in [6.45, 7) is 0. The van der Waals surface area contributed by atoms with Crippen molar-refractivity contribution in [2.24, 2.45) is 4.99 Å². The van der Waals surface area contributed by atoms with Crippen LogP contribution in [0.4, 0.5) is 5.69 Å². The third-order valence-electron chi connectivity index (χ3n) is 3.97. The van der Waals surface area contributed by atoms with E-state index in [1.807, 2.05) is 0 Å². The van der Waals surface area contributed by atoms with Crippen LogP contribution < -0.4 is 0 Å². The van der Waals surface area contributed by atoms with Gasteiger partial charge in [0.05, 0.1) is 30.2 Å². The molecule has 1 aliphatic rings. The van der Waals surface area contributed by atoms with Crippen LogP contribution in [0.15, 0.2) is 23.2 Å². The molecule has 9 nitrogen and oxygen atoms in total. The number of hydrogen-bond donors (Lipinski definition) is 2. The maximum absolute atomic E-state index is 11.7. The molecule has 0 radical (unpaired) electrons. The van der Waals surface area contributed by atoms with Crippen LogP contribution >= 0.6 is 11.8 Å². The predicted octanol–water partition coefficient (Wildman–Crippen LogP) is 2.60. The van der Waals surface area contributed by atoms with E-state index in [-0.39, 0.29) is 29.9 Å². The molecule has 11 heteroatoms. The molecule has 1 aromatic heterocycles. The van der Waals surface area contributed by atoms with Crippen LogP contribution in [0.25, 0.3) is 10.9 Å². The number of carbonyl (C=O) groups excluding carboxylic acids is 1. The second-order valence-electron chi connectivity index (χ2n) is 6.30. The number of nitrogens with zero attached hydrogens (tertiary/aromatic N) is 2. The minimum Gasteiger partial charge on any atom is -0.469 e. The number of aromatic amines is 1. The number of nitro benzene ring substituents is 1. The molecule has 1 aliphatic heterocycles. The second kappa shape index (κ2) is 7.41. The molecule has 1 unspecified atom stereocenters. The summed E-state index contributed by atoms with van der Waals surface area (Å²) in [4.78, 5) is 29.8. The van der Waals surface area contributed by atoms with Crippen LogP contribution in [0.3, 0.4) is 0 Å². The molecular weight excluding hydrogens is 394 g/mol. The number of nitro groups is 1. The number of aliphatic imine (C=N–C) groups is 1. The van der Waals surface area contributed by atoms with Gasteiger partial charge in [-0.15, -0.1) is 11.8 Å². The van der Waals surface area contributed by atoms with Crippen molar-refractivity contribution in [1.29, 1.82) is 0 Å². The summed E-state index contributed by atoms with van der Waals surface area (Å²) < 4.78 is 25.9. The standard InChI is InChI=1S/C16H17N3O6S2/c1-25-14(20)6-11-7-26-16(17-11)12-5-10-3-9(8-27(2,23)24)4-13(19(21)22)15(10)18-12/h3-5,11H,6-8H2,1-2H3,(H-,17,18,23,24)/p+1/t11-/m1/s1. The number of aromatic nitrogens is 1. The van der Waals surface area contributed by atoms with Crippen molar-refractivity contribution in [2.45, 2.75) is 18.2 Å². The van der Waals surface area contributed by atoms with Crippen molar-refractivity contribution < 1.29 is 23.2 Å². The van der Waals surface area contributed by atoms with Crippen LogP contribution in [0.5, 0.6) is 0 Å². The number of ether oxygens (including phenoxy) is 1. The summed E-state index contributed by atoms with van der Waals surface area (Å²) in [6.07, 6.45) is 1.37. The first-order chi connectivity index (χ1) is 12.7. The molecule has 27 heavy (non-hydrogen) atoms. The van der Waals surface area contributed by atoms with Crippen molar-refractivity contribution >= 4 is 49.6 Å². The zero-order valence-corrected chi connectivity index (χ0v) is 16.3. The van der Waals surface area contributed by atoms with Crippen molar-refractivity contribution in [3.8, 4) is 0 Å². The summed E-state index contributed by atoms with van der Waals surface area (Å²) >= 11 is 1.45. The molecule has 0 fully saturated rings. The van der Waals surface area contributed by atoms with Crippen molar-refractivity contribution in [2.75, 3.05) is 19.1 Å². The molecule has 1 aromatic carbocycles. The number of thioether (sulfide) groups is 1. The van der Waals surface area contributed by atoms with Gasteiger partial charge in [-0.05, 0) is 12.1 Å². The fraction of sp³-hybridized carbons (Fsp3) is 0.375. The molecule has 2 heterocycles. The zero-order chi connectivity index (χ0) is 19.8. The van der Waals surface area contributed by atoms with Gasteiger partial charge in [-0.3, -0.25) is 19.9 Å². The molecular formula is C16H18N3O6S2+. The van der Waals surface area contributed by atoms with Crippen LogP contribution in [0.1, 0.15) is 17.7 Å². The van der Waals surface area contributed by atoms with E-state index < -0.39 is 15.1 Å². The Morgan fingerprint density at radius 1 is 1.52 bits per heavy atom. The first-order valence-electron chi connectivity index (χ1n) is 7.93. The number of H-pyrrole nitrogens is 1. The number of carbonyl (C=O) groups is 1. The maximum atomic E-state index is 11.7. The van der Waals surface area contributed by atoms with E-state index in [1.165, 1.54) is 31.2 Å². The number of methoxy groups -OCH3 is 1. The molecule has 0 saturated carbocycles. The first kappa shape index (κ1) is 19.5. The number of benzene rings is 1. The van der Waals surface area contributed by atoms with Gasteiger partial charge in [0.2, 0.25) is 10.2 Å². The van der Waals surface area contributed by atoms with E-state index in [0.717, 1.165) is 0 Å². The number of hydrogen-bond acceptors (Lipinski definition) is 7. The number of nitrogens with one attached hydrogen (secondary N) is 1. The van der Waals surface area contributed by atoms with E-state index in [9.17, 15) is 23.7 Å². The molecule has 2 aromatic rings. The Morgan fingerprint density at radius 2 is 2.26 bits per heavy atom. The largest absolute Gasteiger partial charge is 0.469 e. The summed E-state index contributed by atoms with van der Waals surface area (Å²) in [5.74, 6) is 0.117. The van der Waals surface area contributed by atoms with Gasteiger partial charge in [-0.2, -0.15) is 4.55 Å². The van der Waals surface area contributed by atoms with Gasteiger partial charge >= 0.3 is 5.97 Å². The lowest BCUT2D eigenvalue weighted by Gasteiger charge is -2.02. The van der Waals surface area contributed by atoms with Gasteiger partial charge in [-0.1, -0.05) is 4.21 Å². The lowest BCUT2D eigenvalue weighted by atomic mass is 10.1. The smallest absolute Gasteiger partial charge is 0.307 e. The Labute approximate surface area is 160 Å². The molecule has 144 valence electrons. The van der Waals surface area contributed by atoms with Gasteiger partial charge in [0, 0.05) is 22.8 Å². The maximum Gasteiger partial charge on any atom is 0.307 e. The number of non-ortho nitro benzene ring substituents is 1. The van der Waals surface area contributed by atoms with Gasteiger partial charge < -0.3 is 9.72 Å². The molecule has 0 spiro atoms. The van der Waals surface area contributed by atoms with Crippen LogP contribution in [-0.4, -0.2) is 50.6 Å². The van der Waals surface area contributed by atoms with Gasteiger partial charge in [-0.25, -0.2) is 0 Å². The van der Waals surface area contributed by atoms with E-state index in [0.29, 0.717) is 33.0 Å². The average molecular weight is 412 g/mol. The Morgan fingerprint density at radius 3 is 2.89 bits per heavy atom. The molecule has 0 aliphatic carbocycles. The zero-order valence-electron chi connectivity index (χ0n) is 14.6. The predicted molar refractivity (Wildman–Crippen MR) is 105 cm³/mol. The fourth-order valence-corrected chi connectivity index (χ4v) is 4.70. The van der Waals surface area contributed by atoms with Gasteiger partial charge in [0.1, 0.15) is 16.8 Å². The van der Waals surface area contributed by atoms with E-state index in [4.69, 9.17) is 0 Å². The number of fused-ring (bicyclic) bond motifs is 1. The highest BCUT2D eigenvalue weighted by atomic mass is 32.3. The molecule has 0 amide bonds. The lowest BCUT2D eigenvalue weighted by Crippen LogP contribution is -2.12. The molecule has 0 saturated heterocycles. The molecule has 0 bridgehead atoms.